The van der Waals surface area contributed by atoms with Gasteiger partial charge in [-0.1, -0.05) is 36.4 Å². The standard InChI is InChI=1S/C22H22N4O4/c1-14-19(21(27)30-12-15-7-5-4-6-8-15)20(26-22(25-14)23-13-24-26)16-9-10-17(28-2)18(11-16)29-3/h4-11,13,20H,12H2,1-3H3,(H,23,24,25). The first-order valence-corrected chi connectivity index (χ1v) is 9.42. The lowest BCUT2D eigenvalue weighted by Gasteiger charge is -2.28. The average molecular weight is 406 g/mol. The quantitative estimate of drug-likeness (QED) is 0.628. The van der Waals surface area contributed by atoms with Crippen molar-refractivity contribution in [2.75, 3.05) is 19.5 Å². The largest absolute Gasteiger partial charge is 0.493 e. The lowest BCUT2D eigenvalue weighted by Crippen LogP contribution is -2.29. The predicted molar refractivity (Wildman–Crippen MR) is 110 cm³/mol. The summed E-state index contributed by atoms with van der Waals surface area (Å²) in [6.45, 7) is 2.00. The van der Waals surface area contributed by atoms with Gasteiger partial charge in [0.1, 0.15) is 19.0 Å². The second kappa shape index (κ2) is 8.28. The van der Waals surface area contributed by atoms with Crippen LogP contribution in [-0.4, -0.2) is 35.0 Å². The Bertz CT molecular complexity index is 1090. The van der Waals surface area contributed by atoms with E-state index in [2.05, 4.69) is 15.4 Å². The number of fused-ring (bicyclic) bond motifs is 1. The van der Waals surface area contributed by atoms with E-state index in [1.807, 2.05) is 49.4 Å². The molecule has 1 unspecified atom stereocenters. The third-order valence-corrected chi connectivity index (χ3v) is 4.95. The fourth-order valence-electron chi connectivity index (χ4n) is 3.49. The molecule has 0 aliphatic carbocycles. The summed E-state index contributed by atoms with van der Waals surface area (Å²) in [5.41, 5.74) is 2.83. The molecule has 154 valence electrons. The van der Waals surface area contributed by atoms with Gasteiger partial charge >= 0.3 is 5.97 Å². The van der Waals surface area contributed by atoms with E-state index in [0.29, 0.717) is 28.7 Å². The maximum atomic E-state index is 13.1. The van der Waals surface area contributed by atoms with Gasteiger partial charge in [0.05, 0.1) is 19.8 Å². The molecule has 0 spiro atoms. The fraction of sp³-hybridized carbons (Fsp3) is 0.227. The molecule has 0 saturated carbocycles. The summed E-state index contributed by atoms with van der Waals surface area (Å²) < 4.78 is 18.1. The molecule has 2 aromatic carbocycles. The first-order chi connectivity index (χ1) is 14.6. The molecule has 1 aliphatic heterocycles. The molecule has 0 amide bonds. The molecular weight excluding hydrogens is 384 g/mol. The number of methoxy groups -OCH3 is 2. The normalized spacial score (nSPS) is 15.2. The third kappa shape index (κ3) is 3.59. The number of nitrogens with one attached hydrogen (secondary N) is 1. The van der Waals surface area contributed by atoms with E-state index in [9.17, 15) is 4.79 Å². The number of nitrogens with zero attached hydrogens (tertiary/aromatic N) is 3. The Morgan fingerprint density at radius 3 is 2.60 bits per heavy atom. The number of hydrogen-bond donors (Lipinski definition) is 1. The van der Waals surface area contributed by atoms with Gasteiger partial charge < -0.3 is 19.5 Å². The van der Waals surface area contributed by atoms with E-state index in [1.165, 1.54) is 6.33 Å². The number of ether oxygens (including phenoxy) is 3. The van der Waals surface area contributed by atoms with Crippen LogP contribution in [0.2, 0.25) is 0 Å². The van der Waals surface area contributed by atoms with Gasteiger partial charge in [-0.3, -0.25) is 0 Å². The monoisotopic (exact) mass is 406 g/mol. The Kier molecular flexibility index (Phi) is 5.38. The highest BCUT2D eigenvalue weighted by atomic mass is 16.5. The smallest absolute Gasteiger partial charge is 0.338 e. The van der Waals surface area contributed by atoms with Crippen molar-refractivity contribution >= 4 is 11.9 Å². The SMILES string of the molecule is COc1ccc(C2C(C(=O)OCc3ccccc3)=C(C)Nc3ncnn32)cc1OC. The zero-order valence-corrected chi connectivity index (χ0v) is 17.0. The summed E-state index contributed by atoms with van der Waals surface area (Å²) in [6, 6.07) is 14.5. The van der Waals surface area contributed by atoms with Gasteiger partial charge in [0.15, 0.2) is 11.5 Å². The Balaban J connectivity index is 1.71. The van der Waals surface area contributed by atoms with Gasteiger partial charge in [-0.25, -0.2) is 9.48 Å². The van der Waals surface area contributed by atoms with Crippen LogP contribution < -0.4 is 14.8 Å². The zero-order valence-electron chi connectivity index (χ0n) is 17.0. The average Bonchev–Trinajstić information content (AvgIpc) is 3.24. The van der Waals surface area contributed by atoms with Crippen LogP contribution in [0, 0.1) is 0 Å². The molecule has 1 aliphatic rings. The molecule has 1 atom stereocenters. The number of hydrogen-bond acceptors (Lipinski definition) is 7. The lowest BCUT2D eigenvalue weighted by molar-refractivity contribution is -0.140. The molecular formula is C22H22N4O4. The van der Waals surface area contributed by atoms with Crippen molar-refractivity contribution < 1.29 is 19.0 Å². The summed E-state index contributed by atoms with van der Waals surface area (Å²) in [4.78, 5) is 17.4. The van der Waals surface area contributed by atoms with Crippen molar-refractivity contribution in [3.63, 3.8) is 0 Å². The first-order valence-electron chi connectivity index (χ1n) is 9.42. The fourth-order valence-corrected chi connectivity index (χ4v) is 3.49. The van der Waals surface area contributed by atoms with Crippen LogP contribution in [0.4, 0.5) is 5.95 Å². The number of rotatable bonds is 6. The van der Waals surface area contributed by atoms with Crippen LogP contribution in [0.5, 0.6) is 11.5 Å². The second-order valence-corrected chi connectivity index (χ2v) is 6.77. The van der Waals surface area contributed by atoms with Crippen molar-refractivity contribution in [1.82, 2.24) is 14.8 Å². The van der Waals surface area contributed by atoms with Crippen molar-refractivity contribution in [2.24, 2.45) is 0 Å². The van der Waals surface area contributed by atoms with Crippen LogP contribution in [0.3, 0.4) is 0 Å². The van der Waals surface area contributed by atoms with Gasteiger partial charge in [-0.05, 0) is 30.2 Å². The molecule has 1 aromatic heterocycles. The number of benzene rings is 2. The molecule has 8 heteroatoms. The van der Waals surface area contributed by atoms with Crippen LogP contribution in [0.15, 0.2) is 66.1 Å². The van der Waals surface area contributed by atoms with Crippen molar-refractivity contribution in [3.05, 3.63) is 77.3 Å². The molecule has 1 N–H and O–H groups in total. The van der Waals surface area contributed by atoms with Crippen LogP contribution >= 0.6 is 0 Å². The number of carbonyl (C=O) groups is 1. The maximum absolute atomic E-state index is 13.1. The number of aromatic nitrogens is 3. The van der Waals surface area contributed by atoms with Crippen molar-refractivity contribution in [3.8, 4) is 11.5 Å². The summed E-state index contributed by atoms with van der Waals surface area (Å²) in [6.07, 6.45) is 1.45. The van der Waals surface area contributed by atoms with E-state index in [0.717, 1.165) is 11.1 Å². The highest BCUT2D eigenvalue weighted by molar-refractivity contribution is 5.92. The summed E-state index contributed by atoms with van der Waals surface area (Å²) in [5.74, 6) is 1.28. The van der Waals surface area contributed by atoms with Crippen LogP contribution in [0.25, 0.3) is 0 Å². The topological polar surface area (TPSA) is 87.5 Å². The van der Waals surface area contributed by atoms with E-state index in [4.69, 9.17) is 14.2 Å². The molecule has 30 heavy (non-hydrogen) atoms. The van der Waals surface area contributed by atoms with E-state index in [1.54, 1.807) is 25.0 Å². The van der Waals surface area contributed by atoms with Gasteiger partial charge in [0, 0.05) is 5.70 Å². The highest BCUT2D eigenvalue weighted by Gasteiger charge is 2.34. The minimum atomic E-state index is -0.521. The van der Waals surface area contributed by atoms with Crippen LogP contribution in [0.1, 0.15) is 24.1 Å². The predicted octanol–water partition coefficient (Wildman–Crippen LogP) is 3.33. The Morgan fingerprint density at radius 2 is 1.87 bits per heavy atom. The first kappa shape index (κ1) is 19.5. The Hall–Kier alpha value is -3.81. The van der Waals surface area contributed by atoms with E-state index in [-0.39, 0.29) is 6.61 Å². The molecule has 8 nitrogen and oxygen atoms in total. The van der Waals surface area contributed by atoms with E-state index < -0.39 is 12.0 Å². The molecule has 0 radical (unpaired) electrons. The minimum Gasteiger partial charge on any atom is -0.493 e. The number of anilines is 1. The molecule has 0 saturated heterocycles. The van der Waals surface area contributed by atoms with E-state index >= 15 is 0 Å². The Morgan fingerprint density at radius 1 is 1.10 bits per heavy atom. The maximum Gasteiger partial charge on any atom is 0.338 e. The number of esters is 1. The van der Waals surface area contributed by atoms with Gasteiger partial charge in [-0.15, -0.1) is 0 Å². The Labute approximate surface area is 174 Å². The van der Waals surface area contributed by atoms with Gasteiger partial charge in [0.25, 0.3) is 0 Å². The summed E-state index contributed by atoms with van der Waals surface area (Å²) >= 11 is 0. The molecule has 0 fully saturated rings. The van der Waals surface area contributed by atoms with Gasteiger partial charge in [-0.2, -0.15) is 10.1 Å². The number of allylic oxidation sites excluding steroid dienone is 1. The highest BCUT2D eigenvalue weighted by Crippen LogP contribution is 2.38. The van der Waals surface area contributed by atoms with Crippen molar-refractivity contribution in [2.45, 2.75) is 19.6 Å². The van der Waals surface area contributed by atoms with Crippen molar-refractivity contribution in [1.29, 1.82) is 0 Å². The lowest BCUT2D eigenvalue weighted by atomic mass is 9.95. The number of carbonyl (C=O) groups excluding carboxylic acids is 1. The zero-order chi connectivity index (χ0) is 21.1. The molecule has 4 rings (SSSR count). The summed E-state index contributed by atoms with van der Waals surface area (Å²) in [5, 5.41) is 7.46. The van der Waals surface area contributed by atoms with Crippen LogP contribution in [-0.2, 0) is 16.1 Å². The second-order valence-electron chi connectivity index (χ2n) is 6.77. The molecule has 3 aromatic rings. The third-order valence-electron chi connectivity index (χ3n) is 4.95. The molecule has 2 heterocycles. The molecule has 0 bridgehead atoms. The minimum absolute atomic E-state index is 0.180. The summed E-state index contributed by atoms with van der Waals surface area (Å²) in [7, 11) is 3.15. The van der Waals surface area contributed by atoms with Gasteiger partial charge in [0.2, 0.25) is 5.95 Å².